The Hall–Kier alpha value is -3.62. The maximum absolute atomic E-state index is 13.7. The first kappa shape index (κ1) is 22.2. The molecular formula is C22H15F6N5O. The molecule has 1 aliphatic heterocycles. The van der Waals surface area contributed by atoms with E-state index in [2.05, 4.69) is 15.1 Å². The van der Waals surface area contributed by atoms with E-state index < -0.39 is 47.1 Å². The van der Waals surface area contributed by atoms with Gasteiger partial charge in [-0.15, -0.1) is 0 Å². The summed E-state index contributed by atoms with van der Waals surface area (Å²) in [6, 6.07) is 8.91. The van der Waals surface area contributed by atoms with Gasteiger partial charge in [0.2, 0.25) is 11.7 Å². The summed E-state index contributed by atoms with van der Waals surface area (Å²) in [6.07, 6.45) is -8.60. The molecule has 3 aromatic rings. The minimum atomic E-state index is -5.18. The zero-order valence-electron chi connectivity index (χ0n) is 17.2. The number of pyridine rings is 1. The molecule has 3 heterocycles. The topological polar surface area (TPSA) is 78.8 Å². The highest BCUT2D eigenvalue weighted by molar-refractivity contribution is 5.62. The van der Waals surface area contributed by atoms with Crippen LogP contribution in [0.15, 0.2) is 40.9 Å². The molecule has 5 rings (SSSR count). The van der Waals surface area contributed by atoms with Crippen molar-refractivity contribution < 1.29 is 30.9 Å². The minimum absolute atomic E-state index is 0.0581. The van der Waals surface area contributed by atoms with Crippen LogP contribution in [-0.4, -0.2) is 21.2 Å². The van der Waals surface area contributed by atoms with E-state index in [-0.39, 0.29) is 23.7 Å². The third kappa shape index (κ3) is 3.65. The first-order chi connectivity index (χ1) is 16.1. The molecule has 1 aromatic carbocycles. The van der Waals surface area contributed by atoms with Gasteiger partial charge in [0.25, 0.3) is 0 Å². The van der Waals surface area contributed by atoms with Gasteiger partial charge in [-0.1, -0.05) is 35.5 Å². The van der Waals surface area contributed by atoms with E-state index in [0.29, 0.717) is 24.8 Å². The molecule has 3 atom stereocenters. The second-order valence-electron chi connectivity index (χ2n) is 8.26. The monoisotopic (exact) mass is 479 g/mol. The fourth-order valence-electron chi connectivity index (χ4n) is 4.87. The Bertz CT molecular complexity index is 1260. The van der Waals surface area contributed by atoms with Crippen molar-refractivity contribution in [2.24, 2.45) is 5.92 Å². The summed E-state index contributed by atoms with van der Waals surface area (Å²) in [6.45, 7) is 0. The minimum Gasteiger partial charge on any atom is -0.340 e. The number of nitriles is 1. The number of aromatic nitrogens is 3. The molecule has 1 saturated carbocycles. The lowest BCUT2D eigenvalue weighted by Gasteiger charge is -2.35. The van der Waals surface area contributed by atoms with Gasteiger partial charge < -0.3 is 9.42 Å². The largest absolute Gasteiger partial charge is 0.433 e. The van der Waals surface area contributed by atoms with Gasteiger partial charge in [0.15, 0.2) is 0 Å². The molecule has 0 N–H and O–H groups in total. The van der Waals surface area contributed by atoms with Crippen LogP contribution in [0.3, 0.4) is 0 Å². The van der Waals surface area contributed by atoms with E-state index in [9.17, 15) is 31.6 Å². The van der Waals surface area contributed by atoms with E-state index in [1.807, 2.05) is 0 Å². The molecule has 0 radical (unpaired) electrons. The van der Waals surface area contributed by atoms with Gasteiger partial charge in [-0.2, -0.15) is 36.6 Å². The van der Waals surface area contributed by atoms with Crippen molar-refractivity contribution in [2.75, 3.05) is 4.90 Å². The number of hydrogen-bond donors (Lipinski definition) is 0. The van der Waals surface area contributed by atoms with Gasteiger partial charge in [-0.05, 0) is 31.2 Å². The van der Waals surface area contributed by atoms with Crippen molar-refractivity contribution in [1.29, 1.82) is 5.26 Å². The summed E-state index contributed by atoms with van der Waals surface area (Å²) in [5.41, 5.74) is -3.71. The third-order valence-electron chi connectivity index (χ3n) is 6.26. The number of rotatable bonds is 3. The van der Waals surface area contributed by atoms with Crippen molar-refractivity contribution in [2.45, 2.75) is 43.7 Å². The van der Waals surface area contributed by atoms with Gasteiger partial charge in [0.05, 0.1) is 5.56 Å². The molecule has 0 amide bonds. The fourth-order valence-corrected chi connectivity index (χ4v) is 4.87. The molecule has 1 saturated heterocycles. The highest BCUT2D eigenvalue weighted by Crippen LogP contribution is 2.53. The molecule has 34 heavy (non-hydrogen) atoms. The smallest absolute Gasteiger partial charge is 0.340 e. The number of anilines is 1. The predicted octanol–water partition coefficient (Wildman–Crippen LogP) is 5.77. The Morgan fingerprint density at radius 2 is 1.74 bits per heavy atom. The van der Waals surface area contributed by atoms with Crippen LogP contribution in [0.4, 0.5) is 32.2 Å². The van der Waals surface area contributed by atoms with Crippen molar-refractivity contribution in [1.82, 2.24) is 15.1 Å². The summed E-state index contributed by atoms with van der Waals surface area (Å²) in [4.78, 5) is 9.23. The zero-order chi connectivity index (χ0) is 24.3. The first-order valence-electron chi connectivity index (χ1n) is 10.3. The quantitative estimate of drug-likeness (QED) is 0.444. The first-order valence-corrected chi connectivity index (χ1v) is 10.3. The summed E-state index contributed by atoms with van der Waals surface area (Å²) in [5.74, 6) is -0.512. The summed E-state index contributed by atoms with van der Waals surface area (Å²) < 4.78 is 86.9. The Balaban J connectivity index is 1.65. The van der Waals surface area contributed by atoms with Crippen LogP contribution in [0.1, 0.15) is 48.0 Å². The Morgan fingerprint density at radius 3 is 2.38 bits per heavy atom. The maximum Gasteiger partial charge on any atom is 0.433 e. The van der Waals surface area contributed by atoms with Gasteiger partial charge in [-0.25, -0.2) is 4.98 Å². The Morgan fingerprint density at radius 1 is 1.00 bits per heavy atom. The number of alkyl halides is 6. The van der Waals surface area contributed by atoms with E-state index in [1.165, 1.54) is 11.0 Å². The normalized spacial score (nSPS) is 22.3. The van der Waals surface area contributed by atoms with Crippen molar-refractivity contribution >= 4 is 5.82 Å². The van der Waals surface area contributed by atoms with Crippen LogP contribution in [-0.2, 0) is 12.4 Å². The molecule has 12 heteroatoms. The average Bonchev–Trinajstić information content (AvgIpc) is 3.53. The van der Waals surface area contributed by atoms with E-state index in [1.54, 1.807) is 30.3 Å². The SMILES string of the molecule is N#Cc1c(C(F)(F)F)cc(C(F)(F)F)nc1N1[C@@H]2CC[C@@H](C2)[C@H]1c1nc(-c2ccccc2)no1. The third-order valence-corrected chi connectivity index (χ3v) is 6.26. The second kappa shape index (κ2) is 7.72. The van der Waals surface area contributed by atoms with Crippen molar-refractivity contribution in [3.63, 3.8) is 0 Å². The second-order valence-corrected chi connectivity index (χ2v) is 8.26. The average molecular weight is 479 g/mol. The molecule has 2 fully saturated rings. The van der Waals surface area contributed by atoms with Crippen LogP contribution in [0.2, 0.25) is 0 Å². The molecule has 2 aliphatic rings. The summed E-state index contributed by atoms with van der Waals surface area (Å²) >= 11 is 0. The highest BCUT2D eigenvalue weighted by Gasteiger charge is 2.52. The summed E-state index contributed by atoms with van der Waals surface area (Å²) in [7, 11) is 0. The number of hydrogen-bond acceptors (Lipinski definition) is 6. The molecule has 0 unspecified atom stereocenters. The predicted molar refractivity (Wildman–Crippen MR) is 105 cm³/mol. The Kier molecular flexibility index (Phi) is 5.03. The molecule has 0 spiro atoms. The maximum atomic E-state index is 13.7. The van der Waals surface area contributed by atoms with Gasteiger partial charge >= 0.3 is 12.4 Å². The van der Waals surface area contributed by atoms with E-state index in [4.69, 9.17) is 4.52 Å². The van der Waals surface area contributed by atoms with Crippen LogP contribution < -0.4 is 4.90 Å². The van der Waals surface area contributed by atoms with E-state index >= 15 is 0 Å². The molecule has 176 valence electrons. The fraction of sp³-hybridized carbons (Fsp3) is 0.364. The summed E-state index contributed by atoms with van der Waals surface area (Å²) in [5, 5.41) is 13.5. The number of fused-ring (bicyclic) bond motifs is 2. The number of halogens is 6. The van der Waals surface area contributed by atoms with Crippen LogP contribution >= 0.6 is 0 Å². The van der Waals surface area contributed by atoms with Gasteiger partial charge in [0, 0.05) is 11.6 Å². The van der Waals surface area contributed by atoms with E-state index in [0.717, 1.165) is 0 Å². The molecule has 2 aromatic heterocycles. The van der Waals surface area contributed by atoms with Crippen LogP contribution in [0.25, 0.3) is 11.4 Å². The van der Waals surface area contributed by atoms with Crippen molar-refractivity contribution in [3.8, 4) is 17.5 Å². The van der Waals surface area contributed by atoms with Gasteiger partial charge in [0.1, 0.15) is 29.2 Å². The number of nitrogens with zero attached hydrogens (tertiary/aromatic N) is 5. The number of benzene rings is 1. The van der Waals surface area contributed by atoms with Gasteiger partial charge in [-0.3, -0.25) is 0 Å². The number of piperidine rings is 1. The molecule has 6 nitrogen and oxygen atoms in total. The lowest BCUT2D eigenvalue weighted by Crippen LogP contribution is -2.37. The lowest BCUT2D eigenvalue weighted by molar-refractivity contribution is -0.145. The standard InChI is InChI=1S/C22H15F6N5O/c23-21(24,25)15-9-16(22(26,27)28)30-19(14(15)10-29)33-13-7-6-12(8-13)17(33)20-31-18(32-34-20)11-4-2-1-3-5-11/h1-5,9,12-13,17H,6-8H2/t12-,13+,17-/m0/s1. The molecular weight excluding hydrogens is 464 g/mol. The molecule has 2 bridgehead atoms. The van der Waals surface area contributed by atoms with Crippen LogP contribution in [0.5, 0.6) is 0 Å². The van der Waals surface area contributed by atoms with Crippen LogP contribution in [0, 0.1) is 17.2 Å². The highest BCUT2D eigenvalue weighted by atomic mass is 19.4. The Labute approximate surface area is 188 Å². The lowest BCUT2D eigenvalue weighted by atomic mass is 9.97. The van der Waals surface area contributed by atoms with Crippen molar-refractivity contribution in [3.05, 3.63) is 59.1 Å². The molecule has 1 aliphatic carbocycles. The zero-order valence-corrected chi connectivity index (χ0v) is 17.2.